The minimum atomic E-state index is -2.06. The molecule has 0 aromatic carbocycles. The first-order valence-corrected chi connectivity index (χ1v) is 31.5. The van der Waals surface area contributed by atoms with Crippen LogP contribution in [-0.2, 0) is 86.3 Å². The van der Waals surface area contributed by atoms with Crippen molar-refractivity contribution in [3.05, 3.63) is 0 Å². The maximum atomic E-state index is 14.4. The molecule has 42 heteroatoms. The zero-order valence-electron chi connectivity index (χ0n) is 53.4. The third-order valence-electron chi connectivity index (χ3n) is 14.2. The smallest absolute Gasteiger partial charge is 0.326 e. The lowest BCUT2D eigenvalue weighted by Crippen LogP contribution is -2.61. The molecule has 40 nitrogen and oxygen atoms in total. The van der Waals surface area contributed by atoms with Crippen LogP contribution in [0.5, 0.6) is 0 Å². The minimum absolute atomic E-state index is 0.0506. The number of carboxylic acid groups (broad SMARTS) is 6. The van der Waals surface area contributed by atoms with Crippen LogP contribution >= 0.6 is 25.3 Å². The molecule has 0 aromatic rings. The highest BCUT2D eigenvalue weighted by Crippen LogP contribution is 2.21. The van der Waals surface area contributed by atoms with E-state index in [1.54, 1.807) is 13.8 Å². The average Bonchev–Trinajstić information content (AvgIpc) is 1.78. The largest absolute Gasteiger partial charge is 0.481 e. The summed E-state index contributed by atoms with van der Waals surface area (Å²) in [6.07, 6.45) is -7.21. The normalized spacial score (nSPS) is 16.0. The molecule has 0 unspecified atom stereocenters. The number of likely N-dealkylation sites (tertiary alicyclic amines) is 1. The fraction of sp³-hybridized carbons (Fsp3) is 0.655. The van der Waals surface area contributed by atoms with Gasteiger partial charge in [0.2, 0.25) is 70.9 Å². The number of nitrogens with zero attached hydrogens (tertiary/aromatic N) is 2. The molecule has 0 bridgehead atoms. The number of aliphatic imine (C=N–C) groups is 1. The molecule has 0 aromatic heterocycles. The molecular formula is C55H88N16O24S2. The summed E-state index contributed by atoms with van der Waals surface area (Å²) in [6.45, 7) is 6.05. The van der Waals surface area contributed by atoms with Crippen molar-refractivity contribution in [3.63, 3.8) is 0 Å². The standard InChI is InChI=1S/C55H88N16O24S2/c1-23(2)17-29(64-44(84)26(9-12-37(73)74)62-49(89)34(22-97)69-52(92)42(24(3)4)70-45(85)27(10-13-38(75)76)61-43(83)25(56)7-5-15-60-55(58)59)46(86)67-32(18-36(57)72)53(93)71-16-6-8-35(71)51(91)66-31(20-41(81)82)48(88)68-33(21-96)50(90)65-30(19-40(79)80)47(87)63-28(54(94)95)11-14-39(77)78/h23-35,42,96-97H,5-22,56H2,1-4H3,(H2,57,72)(H,61,83)(H,62,89)(H,63,87)(H,64,84)(H,65,90)(H,66,91)(H,67,86)(H,68,88)(H,69,92)(H,70,85)(H,73,74)(H,75,76)(H,77,78)(H,79,80)(H,81,82)(H,94,95)(H4,58,59,60)/t25-,26-,27-,28-,29-,30-,31-,32-,33-,34-,35-,42-/m0/s1. The van der Waals surface area contributed by atoms with E-state index in [9.17, 15) is 112 Å². The fourth-order valence-electron chi connectivity index (χ4n) is 9.24. The predicted octanol–water partition coefficient (Wildman–Crippen LogP) is -7.73. The molecule has 1 aliphatic heterocycles. The van der Waals surface area contributed by atoms with Crippen molar-refractivity contribution in [3.8, 4) is 0 Å². The molecule has 0 spiro atoms. The Bertz CT molecular complexity index is 2920. The number of primary amides is 1. The Balaban J connectivity index is 3.46. The van der Waals surface area contributed by atoms with Gasteiger partial charge in [-0.15, -0.1) is 0 Å². The van der Waals surface area contributed by atoms with Gasteiger partial charge >= 0.3 is 35.8 Å². The first kappa shape index (κ1) is 85.4. The van der Waals surface area contributed by atoms with Crippen LogP contribution in [0.2, 0.25) is 0 Å². The quantitative estimate of drug-likeness (QED) is 0.0116. The summed E-state index contributed by atoms with van der Waals surface area (Å²) < 4.78 is 0. The first-order valence-electron chi connectivity index (χ1n) is 30.2. The predicted molar refractivity (Wildman–Crippen MR) is 340 cm³/mol. The highest BCUT2D eigenvalue weighted by atomic mass is 32.1. The summed E-state index contributed by atoms with van der Waals surface area (Å²) in [5, 5.41) is 79.0. The Morgan fingerprint density at radius 2 is 0.856 bits per heavy atom. The summed E-state index contributed by atoms with van der Waals surface area (Å²) in [5.41, 5.74) is 22.1. The number of hydrogen-bond donors (Lipinski definition) is 22. The Morgan fingerprint density at radius 3 is 1.30 bits per heavy atom. The summed E-state index contributed by atoms with van der Waals surface area (Å²) in [4.78, 5) is 238. The maximum Gasteiger partial charge on any atom is 0.326 e. The zero-order valence-corrected chi connectivity index (χ0v) is 55.2. The summed E-state index contributed by atoms with van der Waals surface area (Å²) in [6, 6.07) is -20.5. The minimum Gasteiger partial charge on any atom is -0.481 e. The van der Waals surface area contributed by atoms with E-state index in [1.165, 1.54) is 13.8 Å². The number of carbonyl (C=O) groups is 18. The average molecular weight is 1420 g/mol. The second-order valence-corrected chi connectivity index (χ2v) is 23.8. The molecule has 97 heavy (non-hydrogen) atoms. The van der Waals surface area contributed by atoms with Crippen LogP contribution in [0.25, 0.3) is 0 Å². The molecule has 24 N–H and O–H groups in total. The molecule has 1 saturated heterocycles. The molecule has 12 atom stereocenters. The summed E-state index contributed by atoms with van der Waals surface area (Å²) >= 11 is 8.15. The lowest BCUT2D eigenvalue weighted by atomic mass is 10.0. The lowest BCUT2D eigenvalue weighted by molar-refractivity contribution is -0.145. The van der Waals surface area contributed by atoms with Gasteiger partial charge in [-0.25, -0.2) is 4.79 Å². The van der Waals surface area contributed by atoms with Crippen LogP contribution in [0, 0.1) is 11.8 Å². The second kappa shape index (κ2) is 42.7. The van der Waals surface area contributed by atoms with Crippen LogP contribution in [0.1, 0.15) is 118 Å². The van der Waals surface area contributed by atoms with Crippen LogP contribution in [0.15, 0.2) is 4.99 Å². The van der Waals surface area contributed by atoms with Gasteiger partial charge in [0.1, 0.15) is 66.5 Å². The molecular weight excluding hydrogens is 1330 g/mol. The van der Waals surface area contributed by atoms with Crippen molar-refractivity contribution in [1.29, 1.82) is 0 Å². The second-order valence-electron chi connectivity index (χ2n) is 23.0. The van der Waals surface area contributed by atoms with E-state index in [1.807, 2.05) is 10.6 Å². The number of amides is 12. The number of thiol groups is 2. The molecule has 0 radical (unpaired) electrons. The van der Waals surface area contributed by atoms with Gasteiger partial charge < -0.3 is 112 Å². The van der Waals surface area contributed by atoms with Gasteiger partial charge in [-0.1, -0.05) is 27.7 Å². The van der Waals surface area contributed by atoms with Crippen LogP contribution in [0.3, 0.4) is 0 Å². The Kier molecular flexibility index (Phi) is 37.6. The third kappa shape index (κ3) is 32.1. The molecule has 0 aliphatic carbocycles. The number of rotatable bonds is 46. The number of nitrogens with two attached hydrogens (primary N) is 4. The number of guanidine groups is 1. The first-order chi connectivity index (χ1) is 45.2. The maximum absolute atomic E-state index is 14.4. The fourth-order valence-corrected chi connectivity index (χ4v) is 9.76. The molecule has 1 rings (SSSR count). The zero-order chi connectivity index (χ0) is 74.1. The van der Waals surface area contributed by atoms with Crippen LogP contribution in [0.4, 0.5) is 0 Å². The van der Waals surface area contributed by atoms with E-state index >= 15 is 0 Å². The highest BCUT2D eigenvalue weighted by molar-refractivity contribution is 7.80. The van der Waals surface area contributed by atoms with Gasteiger partial charge in [0.05, 0.1) is 25.3 Å². The third-order valence-corrected chi connectivity index (χ3v) is 15.0. The summed E-state index contributed by atoms with van der Waals surface area (Å²) in [5.74, 6) is -25.8. The Labute approximate surface area is 565 Å². The van der Waals surface area contributed by atoms with Crippen LogP contribution in [-0.4, -0.2) is 245 Å². The van der Waals surface area contributed by atoms with Gasteiger partial charge in [-0.3, -0.25) is 86.5 Å². The van der Waals surface area contributed by atoms with Gasteiger partial charge in [-0.05, 0) is 63.2 Å². The van der Waals surface area contributed by atoms with E-state index < -0.39 is 260 Å². The highest BCUT2D eigenvalue weighted by Gasteiger charge is 2.42. The Morgan fingerprint density at radius 1 is 0.464 bits per heavy atom. The number of carbonyl (C=O) groups excluding carboxylic acids is 12. The summed E-state index contributed by atoms with van der Waals surface area (Å²) in [7, 11) is 0. The molecule has 1 aliphatic rings. The van der Waals surface area contributed by atoms with E-state index in [-0.39, 0.29) is 51.2 Å². The lowest BCUT2D eigenvalue weighted by Gasteiger charge is -2.31. The van der Waals surface area contributed by atoms with Crippen LogP contribution < -0.4 is 76.1 Å². The molecule has 12 amide bonds. The van der Waals surface area contributed by atoms with Crippen molar-refractivity contribution in [1.82, 2.24) is 58.1 Å². The van der Waals surface area contributed by atoms with Crippen molar-refractivity contribution in [2.45, 2.75) is 190 Å². The van der Waals surface area contributed by atoms with Crippen molar-refractivity contribution in [2.75, 3.05) is 24.6 Å². The monoisotopic (exact) mass is 1420 g/mol. The van der Waals surface area contributed by atoms with Crippen molar-refractivity contribution in [2.24, 2.45) is 39.8 Å². The molecule has 544 valence electrons. The van der Waals surface area contributed by atoms with E-state index in [0.717, 1.165) is 4.90 Å². The molecule has 0 saturated carbocycles. The van der Waals surface area contributed by atoms with Crippen molar-refractivity contribution >= 4 is 138 Å². The van der Waals surface area contributed by atoms with Gasteiger partial charge in [-0.2, -0.15) is 25.3 Å². The van der Waals surface area contributed by atoms with E-state index in [0.29, 0.717) is 0 Å². The van der Waals surface area contributed by atoms with Gasteiger partial charge in [0.15, 0.2) is 5.96 Å². The van der Waals surface area contributed by atoms with Gasteiger partial charge in [0.25, 0.3) is 0 Å². The van der Waals surface area contributed by atoms with E-state index in [2.05, 4.69) is 72.8 Å². The molecule has 1 fully saturated rings. The van der Waals surface area contributed by atoms with Gasteiger partial charge in [0, 0.05) is 43.9 Å². The Hall–Kier alpha value is -9.61. The molecule has 1 heterocycles. The van der Waals surface area contributed by atoms with E-state index in [4.69, 9.17) is 28.0 Å². The van der Waals surface area contributed by atoms with Crippen molar-refractivity contribution < 1.29 is 117 Å². The number of aliphatic carboxylic acids is 6. The number of hydrogen-bond acceptors (Lipinski definition) is 22. The number of nitrogens with one attached hydrogen (secondary N) is 10. The topological polar surface area (TPSA) is 669 Å². The number of carboxylic acids is 6. The SMILES string of the molecule is CC(C)C[C@H](NC(=O)[C@H](CCC(=O)O)NC(=O)[C@H](CS)NC(=O)[C@@H](NC(=O)[C@H](CCC(=O)O)NC(=O)[C@@H](N)CCCN=C(N)N)C(C)C)C(=O)N[C@@H](CC(N)=O)C(=O)N1CCC[C@H]1C(=O)N[C@@H](CC(=O)O)C(=O)N[C@@H](CS)C(=O)N[C@@H](CC(=O)O)C(=O)N[C@@H](CCC(=O)O)C(=O)O.